The quantitative estimate of drug-likeness (QED) is 0.374. The fraction of sp³-hybridized carbons (Fsp3) is 0.120. The SMILES string of the molecule is CS(=O)(=O)c1cccc(N(Cc2cccnc2Nc2ccccc2S(C)(=O)=O)c2cccnc2)c1. The van der Waals surface area contributed by atoms with Crippen molar-refractivity contribution in [3.8, 4) is 0 Å². The first-order chi connectivity index (χ1) is 16.6. The second kappa shape index (κ2) is 9.85. The second-order valence-corrected chi connectivity index (χ2v) is 12.0. The van der Waals surface area contributed by atoms with Crippen LogP contribution in [0.3, 0.4) is 0 Å². The molecule has 0 fully saturated rings. The average Bonchev–Trinajstić information content (AvgIpc) is 2.83. The largest absolute Gasteiger partial charge is 0.339 e. The lowest BCUT2D eigenvalue weighted by molar-refractivity contribution is 0.600. The zero-order chi connectivity index (χ0) is 25.1. The van der Waals surface area contributed by atoms with Gasteiger partial charge in [0.15, 0.2) is 19.7 Å². The molecule has 0 amide bonds. The van der Waals surface area contributed by atoms with Gasteiger partial charge in [0.05, 0.1) is 33.9 Å². The van der Waals surface area contributed by atoms with Gasteiger partial charge < -0.3 is 10.2 Å². The fourth-order valence-corrected chi connectivity index (χ4v) is 5.10. The van der Waals surface area contributed by atoms with Gasteiger partial charge in [-0.15, -0.1) is 0 Å². The molecule has 2 heterocycles. The molecule has 2 aromatic heterocycles. The summed E-state index contributed by atoms with van der Waals surface area (Å²) in [6, 6.07) is 20.7. The Morgan fingerprint density at radius 3 is 2.26 bits per heavy atom. The standard InChI is InChI=1S/C25H24N4O4S2/c1-34(30,31)22-11-5-9-20(16-22)29(21-10-7-14-26-17-21)18-19-8-6-15-27-25(19)28-23-12-3-4-13-24(23)35(2,32)33/h3-17H,18H2,1-2H3,(H,27,28). The van der Waals surface area contributed by atoms with Crippen LogP contribution in [0, 0.1) is 0 Å². The van der Waals surface area contributed by atoms with Crippen molar-refractivity contribution in [2.75, 3.05) is 22.7 Å². The van der Waals surface area contributed by atoms with Crippen molar-refractivity contribution >= 4 is 42.6 Å². The maximum absolute atomic E-state index is 12.3. The summed E-state index contributed by atoms with van der Waals surface area (Å²) in [6.07, 6.45) is 7.30. The first-order valence-corrected chi connectivity index (χ1v) is 14.4. The third-order valence-corrected chi connectivity index (χ3v) is 7.54. The van der Waals surface area contributed by atoms with Gasteiger partial charge in [-0.2, -0.15) is 0 Å². The van der Waals surface area contributed by atoms with Gasteiger partial charge in [0.2, 0.25) is 0 Å². The highest BCUT2D eigenvalue weighted by Crippen LogP contribution is 2.31. The van der Waals surface area contributed by atoms with Crippen LogP contribution < -0.4 is 10.2 Å². The minimum atomic E-state index is -3.46. The number of hydrogen-bond donors (Lipinski definition) is 1. The zero-order valence-electron chi connectivity index (χ0n) is 19.2. The van der Waals surface area contributed by atoms with Crippen LogP contribution in [-0.4, -0.2) is 39.3 Å². The smallest absolute Gasteiger partial charge is 0.177 e. The molecule has 35 heavy (non-hydrogen) atoms. The van der Waals surface area contributed by atoms with Crippen molar-refractivity contribution in [3.63, 3.8) is 0 Å². The van der Waals surface area contributed by atoms with Gasteiger partial charge in [0, 0.05) is 36.2 Å². The lowest BCUT2D eigenvalue weighted by atomic mass is 10.2. The number of hydrogen-bond acceptors (Lipinski definition) is 8. The maximum atomic E-state index is 12.3. The summed E-state index contributed by atoms with van der Waals surface area (Å²) >= 11 is 0. The van der Waals surface area contributed by atoms with E-state index in [4.69, 9.17) is 0 Å². The number of pyridine rings is 2. The summed E-state index contributed by atoms with van der Waals surface area (Å²) < 4.78 is 48.9. The number of sulfone groups is 2. The zero-order valence-corrected chi connectivity index (χ0v) is 20.8. The molecule has 0 aliphatic carbocycles. The molecular formula is C25H24N4O4S2. The van der Waals surface area contributed by atoms with Crippen LogP contribution in [0.1, 0.15) is 5.56 Å². The van der Waals surface area contributed by atoms with Crippen LogP contribution in [0.25, 0.3) is 0 Å². The summed E-state index contributed by atoms with van der Waals surface area (Å²) in [6.45, 7) is 0.316. The number of aromatic nitrogens is 2. The van der Waals surface area contributed by atoms with Gasteiger partial charge in [-0.05, 0) is 48.5 Å². The highest BCUT2D eigenvalue weighted by atomic mass is 32.2. The molecule has 0 aliphatic heterocycles. The Morgan fingerprint density at radius 1 is 0.800 bits per heavy atom. The van der Waals surface area contributed by atoms with Crippen LogP contribution in [0.5, 0.6) is 0 Å². The van der Waals surface area contributed by atoms with E-state index in [1.54, 1.807) is 73.2 Å². The van der Waals surface area contributed by atoms with Crippen LogP contribution in [-0.2, 0) is 26.2 Å². The summed E-state index contributed by atoms with van der Waals surface area (Å²) in [5, 5.41) is 3.16. The monoisotopic (exact) mass is 508 g/mol. The van der Waals surface area contributed by atoms with Gasteiger partial charge in [0.1, 0.15) is 5.82 Å². The fourth-order valence-electron chi connectivity index (χ4n) is 3.60. The van der Waals surface area contributed by atoms with Crippen molar-refractivity contribution in [2.45, 2.75) is 16.3 Å². The van der Waals surface area contributed by atoms with Crippen LogP contribution in [0.15, 0.2) is 101 Å². The van der Waals surface area contributed by atoms with Crippen LogP contribution in [0.2, 0.25) is 0 Å². The molecule has 8 nitrogen and oxygen atoms in total. The highest BCUT2D eigenvalue weighted by Gasteiger charge is 2.18. The first-order valence-electron chi connectivity index (χ1n) is 10.6. The van der Waals surface area contributed by atoms with Gasteiger partial charge in [-0.3, -0.25) is 4.98 Å². The molecule has 0 spiro atoms. The molecular weight excluding hydrogens is 484 g/mol. The number of benzene rings is 2. The van der Waals surface area contributed by atoms with E-state index in [1.807, 2.05) is 23.1 Å². The van der Waals surface area contributed by atoms with E-state index >= 15 is 0 Å². The van der Waals surface area contributed by atoms with Crippen LogP contribution >= 0.6 is 0 Å². The predicted octanol–water partition coefficient (Wildman–Crippen LogP) is 4.37. The van der Waals surface area contributed by atoms with Crippen molar-refractivity contribution in [3.05, 3.63) is 97.0 Å². The third kappa shape index (κ3) is 5.84. The molecule has 0 radical (unpaired) electrons. The second-order valence-electron chi connectivity index (χ2n) is 7.97. The van der Waals surface area contributed by atoms with Gasteiger partial charge in [-0.1, -0.05) is 24.3 Å². The van der Waals surface area contributed by atoms with Crippen molar-refractivity contribution < 1.29 is 16.8 Å². The van der Waals surface area contributed by atoms with Gasteiger partial charge in [-0.25, -0.2) is 21.8 Å². The molecule has 1 N–H and O–H groups in total. The van der Waals surface area contributed by atoms with E-state index in [9.17, 15) is 16.8 Å². The molecule has 10 heteroatoms. The minimum absolute atomic E-state index is 0.168. The van der Waals surface area contributed by atoms with Crippen molar-refractivity contribution in [1.29, 1.82) is 0 Å². The summed E-state index contributed by atoms with van der Waals surface area (Å²) in [5.74, 6) is 0.483. The molecule has 0 saturated carbocycles. The van der Waals surface area contributed by atoms with E-state index in [1.165, 1.54) is 6.26 Å². The highest BCUT2D eigenvalue weighted by molar-refractivity contribution is 7.91. The minimum Gasteiger partial charge on any atom is -0.339 e. The number of para-hydroxylation sites is 1. The molecule has 4 aromatic rings. The predicted molar refractivity (Wildman–Crippen MR) is 137 cm³/mol. The van der Waals surface area contributed by atoms with Crippen LogP contribution in [0.4, 0.5) is 22.9 Å². The molecule has 0 atom stereocenters. The Labute approximate surface area is 205 Å². The molecule has 4 rings (SSSR count). The van der Waals surface area contributed by atoms with E-state index in [-0.39, 0.29) is 9.79 Å². The maximum Gasteiger partial charge on any atom is 0.177 e. The number of rotatable bonds is 8. The van der Waals surface area contributed by atoms with Crippen molar-refractivity contribution in [1.82, 2.24) is 9.97 Å². The van der Waals surface area contributed by atoms with E-state index < -0.39 is 19.7 Å². The molecule has 2 aromatic carbocycles. The molecule has 0 aliphatic rings. The summed E-state index contributed by atoms with van der Waals surface area (Å²) in [4.78, 5) is 11.0. The third-order valence-electron chi connectivity index (χ3n) is 5.27. The topological polar surface area (TPSA) is 109 Å². The van der Waals surface area contributed by atoms with Gasteiger partial charge >= 0.3 is 0 Å². The van der Waals surface area contributed by atoms with E-state index in [0.29, 0.717) is 23.7 Å². The normalized spacial score (nSPS) is 11.7. The Morgan fingerprint density at radius 2 is 1.54 bits per heavy atom. The van der Waals surface area contributed by atoms with E-state index in [0.717, 1.165) is 17.5 Å². The summed E-state index contributed by atoms with van der Waals surface area (Å²) in [7, 11) is -6.87. The van der Waals surface area contributed by atoms with E-state index in [2.05, 4.69) is 15.3 Å². The Hall–Kier alpha value is -3.76. The van der Waals surface area contributed by atoms with Crippen molar-refractivity contribution in [2.24, 2.45) is 0 Å². The number of nitrogens with zero attached hydrogens (tertiary/aromatic N) is 3. The Balaban J connectivity index is 1.77. The molecule has 0 saturated heterocycles. The Kier molecular flexibility index (Phi) is 6.86. The molecule has 180 valence electrons. The first kappa shape index (κ1) is 24.4. The number of nitrogens with one attached hydrogen (secondary N) is 1. The summed E-state index contributed by atoms with van der Waals surface area (Å²) in [5.41, 5.74) is 2.60. The lowest BCUT2D eigenvalue weighted by Gasteiger charge is -2.26. The molecule has 0 unspecified atom stereocenters. The lowest BCUT2D eigenvalue weighted by Crippen LogP contribution is -2.18. The molecule has 0 bridgehead atoms. The Bertz CT molecular complexity index is 1560. The van der Waals surface area contributed by atoms with Gasteiger partial charge in [0.25, 0.3) is 0 Å². The number of anilines is 4. The average molecular weight is 509 g/mol.